The number of aromatic nitrogens is 2. The molecule has 2 amide bonds. The number of amides is 2. The van der Waals surface area contributed by atoms with E-state index in [2.05, 4.69) is 28.8 Å². The average Bonchev–Trinajstić information content (AvgIpc) is 3.12. The Balaban J connectivity index is 2.47. The Hall–Kier alpha value is -2.28. The first-order chi connectivity index (χ1) is 13.1. The quantitative estimate of drug-likeness (QED) is 0.760. The molecule has 1 atom stereocenters. The average molecular weight is 403 g/mol. The largest absolute Gasteiger partial charge is 0.349 e. The number of carbonyl (C=O) groups excluding carboxylic acids is 2. The molecule has 2 aromatic rings. The first kappa shape index (κ1) is 22.0. The fraction of sp³-hybridized carbons (Fsp3) is 0.524. The topological polar surface area (TPSA) is 75.2 Å². The van der Waals surface area contributed by atoms with Crippen LogP contribution >= 0.6 is 11.5 Å². The van der Waals surface area contributed by atoms with Gasteiger partial charge in [-0.05, 0) is 57.1 Å². The van der Waals surface area contributed by atoms with Gasteiger partial charge in [0, 0.05) is 17.5 Å². The zero-order valence-electron chi connectivity index (χ0n) is 17.5. The van der Waals surface area contributed by atoms with Crippen molar-refractivity contribution in [1.29, 1.82) is 0 Å². The minimum Gasteiger partial charge on any atom is -0.349 e. The molecule has 0 aliphatic rings. The summed E-state index contributed by atoms with van der Waals surface area (Å²) in [5.74, 6) is -0.0751. The highest BCUT2D eigenvalue weighted by molar-refractivity contribution is 7.03. The number of carbonyl (C=O) groups is 2. The maximum atomic E-state index is 13.3. The lowest BCUT2D eigenvalue weighted by Gasteiger charge is -2.33. The van der Waals surface area contributed by atoms with Crippen molar-refractivity contribution in [2.24, 2.45) is 5.92 Å². The lowest BCUT2D eigenvalue weighted by atomic mass is 9.99. The van der Waals surface area contributed by atoms with Crippen LogP contribution in [0.4, 0.5) is 0 Å². The SMILES string of the molecule is Cc1ccc([C@H](C(=O)NC(C)(C)C)N(CCC(C)C)C(=O)c2csnn2)cc1. The molecular formula is C21H30N4O2S. The molecule has 7 heteroatoms. The number of aryl methyl sites for hydroxylation is 1. The highest BCUT2D eigenvalue weighted by Crippen LogP contribution is 2.26. The van der Waals surface area contributed by atoms with Gasteiger partial charge in [0.05, 0.1) is 0 Å². The van der Waals surface area contributed by atoms with E-state index in [1.54, 1.807) is 10.3 Å². The van der Waals surface area contributed by atoms with E-state index >= 15 is 0 Å². The highest BCUT2D eigenvalue weighted by atomic mass is 32.1. The second-order valence-corrected chi connectivity index (χ2v) is 9.13. The summed E-state index contributed by atoms with van der Waals surface area (Å²) in [5.41, 5.74) is 1.75. The fourth-order valence-corrected chi connectivity index (χ4v) is 3.24. The van der Waals surface area contributed by atoms with E-state index in [0.29, 0.717) is 12.5 Å². The standard InChI is InChI=1S/C21H30N4O2S/c1-14(2)11-12-25(20(27)17-13-28-24-23-17)18(19(26)22-21(4,5)6)16-9-7-15(3)8-10-16/h7-10,13-14,18H,11-12H2,1-6H3,(H,22,26)/t18-/m1/s1. The van der Waals surface area contributed by atoms with Crippen molar-refractivity contribution in [1.82, 2.24) is 19.8 Å². The van der Waals surface area contributed by atoms with Crippen molar-refractivity contribution in [3.8, 4) is 0 Å². The lowest BCUT2D eigenvalue weighted by Crippen LogP contribution is -2.49. The van der Waals surface area contributed by atoms with Gasteiger partial charge in [0.2, 0.25) is 5.91 Å². The summed E-state index contributed by atoms with van der Waals surface area (Å²) >= 11 is 1.13. The Kier molecular flexibility index (Phi) is 7.29. The third kappa shape index (κ3) is 6.12. The number of hydrogen-bond donors (Lipinski definition) is 1. The molecule has 0 spiro atoms. The van der Waals surface area contributed by atoms with Crippen molar-refractivity contribution >= 4 is 23.3 Å². The fourth-order valence-electron chi connectivity index (χ4n) is 2.81. The zero-order valence-corrected chi connectivity index (χ0v) is 18.3. The minimum atomic E-state index is -0.729. The molecule has 2 rings (SSSR count). The van der Waals surface area contributed by atoms with Gasteiger partial charge in [-0.25, -0.2) is 0 Å². The summed E-state index contributed by atoms with van der Waals surface area (Å²) in [6, 6.07) is 7.02. The molecule has 0 saturated carbocycles. The van der Waals surface area contributed by atoms with E-state index in [-0.39, 0.29) is 17.5 Å². The summed E-state index contributed by atoms with van der Waals surface area (Å²) in [6.07, 6.45) is 0.786. The molecule has 0 radical (unpaired) electrons. The summed E-state index contributed by atoms with van der Waals surface area (Å²) in [4.78, 5) is 28.1. The lowest BCUT2D eigenvalue weighted by molar-refractivity contribution is -0.127. The van der Waals surface area contributed by atoms with E-state index in [4.69, 9.17) is 0 Å². The third-order valence-electron chi connectivity index (χ3n) is 4.24. The Morgan fingerprint density at radius 2 is 1.82 bits per heavy atom. The van der Waals surface area contributed by atoms with Crippen molar-refractivity contribution in [2.75, 3.05) is 6.54 Å². The third-order valence-corrected chi connectivity index (χ3v) is 4.74. The summed E-state index contributed by atoms with van der Waals surface area (Å²) in [7, 11) is 0. The van der Waals surface area contributed by atoms with Gasteiger partial charge >= 0.3 is 0 Å². The van der Waals surface area contributed by atoms with Crippen LogP contribution < -0.4 is 5.32 Å². The van der Waals surface area contributed by atoms with E-state index in [9.17, 15) is 9.59 Å². The molecule has 0 aliphatic carbocycles. The smallest absolute Gasteiger partial charge is 0.276 e. The molecule has 1 heterocycles. The summed E-state index contributed by atoms with van der Waals surface area (Å²) in [6.45, 7) is 12.5. The van der Waals surface area contributed by atoms with Crippen LogP contribution in [0.2, 0.25) is 0 Å². The van der Waals surface area contributed by atoms with E-state index in [1.165, 1.54) is 0 Å². The van der Waals surface area contributed by atoms with E-state index < -0.39 is 11.6 Å². The van der Waals surface area contributed by atoms with Crippen LogP contribution in [0.1, 0.15) is 68.7 Å². The van der Waals surface area contributed by atoms with Crippen LogP contribution in [0.5, 0.6) is 0 Å². The second-order valence-electron chi connectivity index (χ2n) is 8.52. The molecule has 0 unspecified atom stereocenters. The molecule has 152 valence electrons. The number of hydrogen-bond acceptors (Lipinski definition) is 5. The summed E-state index contributed by atoms with van der Waals surface area (Å²) < 4.78 is 3.81. The monoisotopic (exact) mass is 402 g/mol. The molecule has 0 bridgehead atoms. The Bertz CT molecular complexity index is 780. The van der Waals surface area contributed by atoms with Crippen molar-refractivity contribution < 1.29 is 9.59 Å². The van der Waals surface area contributed by atoms with E-state index in [0.717, 1.165) is 29.1 Å². The van der Waals surface area contributed by atoms with Crippen molar-refractivity contribution in [3.63, 3.8) is 0 Å². The van der Waals surface area contributed by atoms with Gasteiger partial charge in [-0.1, -0.05) is 48.2 Å². The van der Waals surface area contributed by atoms with Crippen molar-refractivity contribution in [3.05, 3.63) is 46.5 Å². The first-order valence-electron chi connectivity index (χ1n) is 9.55. The molecule has 0 aliphatic heterocycles. The molecule has 1 aromatic carbocycles. The van der Waals surface area contributed by atoms with Gasteiger partial charge in [-0.15, -0.1) is 5.10 Å². The Morgan fingerprint density at radius 3 is 2.32 bits per heavy atom. The minimum absolute atomic E-state index is 0.198. The first-order valence-corrected chi connectivity index (χ1v) is 10.4. The van der Waals surface area contributed by atoms with Crippen LogP contribution in [-0.2, 0) is 4.79 Å². The molecule has 1 aromatic heterocycles. The van der Waals surface area contributed by atoms with Crippen LogP contribution in [0.15, 0.2) is 29.6 Å². The molecule has 1 N–H and O–H groups in total. The predicted octanol–water partition coefficient (Wildman–Crippen LogP) is 3.99. The van der Waals surface area contributed by atoms with Gasteiger partial charge in [0.25, 0.3) is 5.91 Å². The van der Waals surface area contributed by atoms with Gasteiger partial charge in [-0.2, -0.15) is 0 Å². The molecule has 0 saturated heterocycles. The van der Waals surface area contributed by atoms with E-state index in [1.807, 2.05) is 52.0 Å². The second kappa shape index (κ2) is 9.28. The number of rotatable bonds is 7. The van der Waals surface area contributed by atoms with Crippen LogP contribution in [0, 0.1) is 12.8 Å². The molecular weight excluding hydrogens is 372 g/mol. The van der Waals surface area contributed by atoms with Crippen LogP contribution in [-0.4, -0.2) is 38.4 Å². The summed E-state index contributed by atoms with van der Waals surface area (Å²) in [5, 5.41) is 8.59. The maximum absolute atomic E-state index is 13.3. The predicted molar refractivity (Wildman–Crippen MR) is 112 cm³/mol. The van der Waals surface area contributed by atoms with Gasteiger partial charge in [-0.3, -0.25) is 9.59 Å². The van der Waals surface area contributed by atoms with Crippen LogP contribution in [0.25, 0.3) is 0 Å². The number of benzene rings is 1. The Labute approximate surface area is 171 Å². The molecule has 0 fully saturated rings. The van der Waals surface area contributed by atoms with Gasteiger partial charge in [0.15, 0.2) is 5.69 Å². The maximum Gasteiger partial charge on any atom is 0.276 e. The Morgan fingerprint density at radius 1 is 1.18 bits per heavy atom. The van der Waals surface area contributed by atoms with Crippen molar-refractivity contribution in [2.45, 2.75) is 59.5 Å². The zero-order chi connectivity index (χ0) is 20.9. The molecule has 28 heavy (non-hydrogen) atoms. The number of nitrogens with zero attached hydrogens (tertiary/aromatic N) is 3. The van der Waals surface area contributed by atoms with Gasteiger partial charge in [0.1, 0.15) is 6.04 Å². The number of nitrogens with one attached hydrogen (secondary N) is 1. The highest BCUT2D eigenvalue weighted by Gasteiger charge is 2.34. The van der Waals surface area contributed by atoms with Crippen LogP contribution in [0.3, 0.4) is 0 Å². The normalized spacial score (nSPS) is 12.7. The van der Waals surface area contributed by atoms with Gasteiger partial charge < -0.3 is 10.2 Å². The molecule has 6 nitrogen and oxygen atoms in total.